The molecule has 0 aliphatic heterocycles. The van der Waals surface area contributed by atoms with Crippen LogP contribution in [0.3, 0.4) is 0 Å². The summed E-state index contributed by atoms with van der Waals surface area (Å²) in [6.45, 7) is 4.59. The van der Waals surface area contributed by atoms with E-state index in [2.05, 4.69) is 45.3 Å². The Morgan fingerprint density at radius 3 is 1.77 bits per heavy atom. The molecule has 0 radical (unpaired) electrons. The Balaban J connectivity index is 0.00000900. The zero-order chi connectivity index (χ0) is 21.9. The third-order valence-corrected chi connectivity index (χ3v) is 5.90. The maximum absolute atomic E-state index is 12.0. The van der Waals surface area contributed by atoms with E-state index in [0.29, 0.717) is 13.0 Å². The van der Waals surface area contributed by atoms with Crippen LogP contribution < -0.4 is 12.4 Å². The number of esters is 1. The molecule has 0 unspecified atom stereocenters. The summed E-state index contributed by atoms with van der Waals surface area (Å²) < 4.78 is 6.30. The molecule has 0 aliphatic carbocycles. The van der Waals surface area contributed by atoms with Crippen molar-refractivity contribution in [1.82, 2.24) is 0 Å². The Kier molecular flexibility index (Phi) is 18.9. The lowest BCUT2D eigenvalue weighted by atomic mass is 10.0. The predicted octanol–water partition coefficient (Wildman–Crippen LogP) is 4.29. The molecule has 3 nitrogen and oxygen atoms in total. The van der Waals surface area contributed by atoms with E-state index in [9.17, 15) is 4.79 Å². The normalized spacial score (nSPS) is 11.2. The minimum Gasteiger partial charge on any atom is -1.00 e. The summed E-state index contributed by atoms with van der Waals surface area (Å²) in [7, 11) is 4.38. The number of rotatable bonds is 19. The first kappa shape index (κ1) is 29.9. The second kappa shape index (κ2) is 19.6. The number of hydrogen-bond donors (Lipinski definition) is 0. The Labute approximate surface area is 198 Å². The fraction of sp³-hybridized carbons (Fsp3) is 0.741. The lowest BCUT2D eigenvalue weighted by molar-refractivity contribution is -0.903. The van der Waals surface area contributed by atoms with Crippen LogP contribution in [0.2, 0.25) is 0 Å². The van der Waals surface area contributed by atoms with Gasteiger partial charge in [0.05, 0.1) is 14.1 Å². The molecule has 1 aromatic rings. The van der Waals surface area contributed by atoms with Gasteiger partial charge in [0.1, 0.15) is 19.7 Å². The zero-order valence-corrected chi connectivity index (χ0v) is 21.3. The Morgan fingerprint density at radius 2 is 1.26 bits per heavy atom. The highest BCUT2D eigenvalue weighted by Gasteiger charge is 2.16. The van der Waals surface area contributed by atoms with E-state index in [-0.39, 0.29) is 18.4 Å². The highest BCUT2D eigenvalue weighted by molar-refractivity contribution is 5.69. The van der Waals surface area contributed by atoms with Gasteiger partial charge in [0, 0.05) is 12.0 Å². The average Bonchev–Trinajstić information content (AvgIpc) is 2.71. The quantitative estimate of drug-likeness (QED) is 0.177. The number of carbonyl (C=O) groups is 1. The maximum Gasteiger partial charge on any atom is 0.305 e. The van der Waals surface area contributed by atoms with Crippen LogP contribution in [-0.2, 0) is 16.1 Å². The van der Waals surface area contributed by atoms with Crippen molar-refractivity contribution in [1.29, 1.82) is 0 Å². The summed E-state index contributed by atoms with van der Waals surface area (Å²) in [5.74, 6) is -0.0298. The van der Waals surface area contributed by atoms with Gasteiger partial charge >= 0.3 is 5.97 Å². The van der Waals surface area contributed by atoms with Gasteiger partial charge < -0.3 is 21.6 Å². The lowest BCUT2D eigenvalue weighted by Gasteiger charge is -2.29. The van der Waals surface area contributed by atoms with Gasteiger partial charge in [-0.15, -0.1) is 0 Å². The van der Waals surface area contributed by atoms with Crippen molar-refractivity contribution in [2.45, 2.75) is 103 Å². The first-order valence-corrected chi connectivity index (χ1v) is 12.5. The number of halogens is 1. The molecule has 1 aromatic carbocycles. The number of ether oxygens (including phenoxy) is 1. The molecule has 0 atom stereocenters. The maximum atomic E-state index is 12.0. The third kappa shape index (κ3) is 18.2. The van der Waals surface area contributed by atoms with Crippen molar-refractivity contribution in [3.8, 4) is 0 Å². The number of nitrogens with zero attached hydrogens (tertiary/aromatic N) is 1. The predicted molar refractivity (Wildman–Crippen MR) is 128 cm³/mol. The average molecular weight is 454 g/mol. The minimum absolute atomic E-state index is 0. The SMILES string of the molecule is CCCCCCCCCCCCCCCC(=O)OCC[N+](C)(C)Cc1ccccc1.[Cl-]. The number of carbonyl (C=O) groups excluding carboxylic acids is 1. The molecule has 0 heterocycles. The minimum atomic E-state index is -0.0298. The first-order valence-electron chi connectivity index (χ1n) is 12.5. The van der Waals surface area contributed by atoms with Crippen LogP contribution in [0.5, 0.6) is 0 Å². The van der Waals surface area contributed by atoms with Crippen molar-refractivity contribution >= 4 is 5.97 Å². The van der Waals surface area contributed by atoms with Gasteiger partial charge in [-0.25, -0.2) is 0 Å². The number of unbranched alkanes of at least 4 members (excludes halogenated alkanes) is 12. The molecule has 4 heteroatoms. The molecule has 0 saturated heterocycles. The van der Waals surface area contributed by atoms with Gasteiger partial charge in [0.2, 0.25) is 0 Å². The molecular weight excluding hydrogens is 406 g/mol. The topological polar surface area (TPSA) is 26.3 Å². The lowest BCUT2D eigenvalue weighted by Crippen LogP contribution is -3.00. The molecule has 0 fully saturated rings. The van der Waals surface area contributed by atoms with Crippen molar-refractivity contribution in [3.63, 3.8) is 0 Å². The molecule has 1 rings (SSSR count). The Hall–Kier alpha value is -1.06. The summed E-state index contributed by atoms with van der Waals surface area (Å²) in [5, 5.41) is 0. The van der Waals surface area contributed by atoms with E-state index in [1.807, 2.05) is 6.07 Å². The second-order valence-corrected chi connectivity index (χ2v) is 9.52. The van der Waals surface area contributed by atoms with Crippen LogP contribution in [-0.4, -0.2) is 37.7 Å². The summed E-state index contributed by atoms with van der Waals surface area (Å²) in [6.07, 6.45) is 17.8. The van der Waals surface area contributed by atoms with E-state index in [0.717, 1.165) is 30.4 Å². The largest absolute Gasteiger partial charge is 1.00 e. The van der Waals surface area contributed by atoms with E-state index >= 15 is 0 Å². The molecule has 0 bridgehead atoms. The second-order valence-electron chi connectivity index (χ2n) is 9.52. The molecule has 180 valence electrons. The van der Waals surface area contributed by atoms with Crippen LogP contribution in [0.4, 0.5) is 0 Å². The number of benzene rings is 1. The van der Waals surface area contributed by atoms with Crippen molar-refractivity contribution in [2.24, 2.45) is 0 Å². The first-order chi connectivity index (χ1) is 14.5. The third-order valence-electron chi connectivity index (χ3n) is 5.90. The Morgan fingerprint density at radius 1 is 0.774 bits per heavy atom. The smallest absolute Gasteiger partial charge is 0.305 e. The van der Waals surface area contributed by atoms with E-state index in [4.69, 9.17) is 4.74 Å². The molecule has 0 amide bonds. The summed E-state index contributed by atoms with van der Waals surface area (Å²) >= 11 is 0. The standard InChI is InChI=1S/C27H48NO2.ClH/c1-4-5-6-7-8-9-10-11-12-13-14-15-19-22-27(29)30-24-23-28(2,3)25-26-20-17-16-18-21-26;/h16-18,20-21H,4-15,19,22-25H2,1-3H3;1H/q+1;/p-1. The number of hydrogen-bond acceptors (Lipinski definition) is 2. The summed E-state index contributed by atoms with van der Waals surface area (Å²) in [4.78, 5) is 12.0. The van der Waals surface area contributed by atoms with Gasteiger partial charge in [0.25, 0.3) is 0 Å². The van der Waals surface area contributed by atoms with Gasteiger partial charge in [-0.3, -0.25) is 4.79 Å². The monoisotopic (exact) mass is 453 g/mol. The van der Waals surface area contributed by atoms with E-state index < -0.39 is 0 Å². The molecule has 0 aliphatic rings. The molecular formula is C27H48ClNO2. The zero-order valence-electron chi connectivity index (χ0n) is 20.5. The molecule has 0 aromatic heterocycles. The van der Waals surface area contributed by atoms with Gasteiger partial charge in [-0.2, -0.15) is 0 Å². The molecule has 31 heavy (non-hydrogen) atoms. The van der Waals surface area contributed by atoms with Crippen LogP contribution in [0, 0.1) is 0 Å². The van der Waals surface area contributed by atoms with Crippen LogP contribution in [0.15, 0.2) is 30.3 Å². The highest BCUT2D eigenvalue weighted by Crippen LogP contribution is 2.13. The van der Waals surface area contributed by atoms with Crippen LogP contribution in [0.1, 0.15) is 102 Å². The van der Waals surface area contributed by atoms with Crippen LogP contribution in [0.25, 0.3) is 0 Å². The van der Waals surface area contributed by atoms with Gasteiger partial charge in [-0.1, -0.05) is 114 Å². The van der Waals surface area contributed by atoms with Gasteiger partial charge in [0.15, 0.2) is 0 Å². The van der Waals surface area contributed by atoms with E-state index in [1.165, 1.54) is 76.2 Å². The molecule has 0 N–H and O–H groups in total. The number of likely N-dealkylation sites (N-methyl/N-ethyl adjacent to an activating group) is 1. The number of quaternary nitrogens is 1. The highest BCUT2D eigenvalue weighted by atomic mass is 35.5. The van der Waals surface area contributed by atoms with Crippen molar-refractivity contribution in [2.75, 3.05) is 27.2 Å². The van der Waals surface area contributed by atoms with Crippen molar-refractivity contribution < 1.29 is 26.4 Å². The Bertz CT molecular complexity index is 533. The summed E-state index contributed by atoms with van der Waals surface area (Å²) in [6, 6.07) is 10.5. The fourth-order valence-corrected chi connectivity index (χ4v) is 3.92. The van der Waals surface area contributed by atoms with Gasteiger partial charge in [-0.05, 0) is 6.42 Å². The molecule has 0 saturated carbocycles. The molecule has 0 spiro atoms. The fourth-order valence-electron chi connectivity index (χ4n) is 3.92. The van der Waals surface area contributed by atoms with Crippen LogP contribution >= 0.6 is 0 Å². The van der Waals surface area contributed by atoms with E-state index in [1.54, 1.807) is 0 Å². The van der Waals surface area contributed by atoms with Crippen molar-refractivity contribution in [3.05, 3.63) is 35.9 Å². The summed E-state index contributed by atoms with van der Waals surface area (Å²) in [5.41, 5.74) is 1.32.